The molecule has 0 bridgehead atoms. The number of hydrogen-bond acceptors (Lipinski definition) is 2. The lowest BCUT2D eigenvalue weighted by Crippen LogP contribution is -2.34. The van der Waals surface area contributed by atoms with Crippen molar-refractivity contribution in [3.8, 4) is 0 Å². The van der Waals surface area contributed by atoms with Crippen molar-refractivity contribution in [2.45, 2.75) is 64.2 Å². The minimum Gasteiger partial charge on any atom is -0.327 e. The van der Waals surface area contributed by atoms with Gasteiger partial charge in [0.1, 0.15) is 0 Å². The Morgan fingerprint density at radius 1 is 1.13 bits per heavy atom. The molecule has 0 amide bonds. The second-order valence-electron chi connectivity index (χ2n) is 5.34. The van der Waals surface area contributed by atoms with E-state index < -0.39 is 0 Å². The molecule has 15 heavy (non-hydrogen) atoms. The highest BCUT2D eigenvalue weighted by molar-refractivity contribution is 7.99. The van der Waals surface area contributed by atoms with Gasteiger partial charge in [-0.05, 0) is 24.7 Å². The molecule has 90 valence electrons. The van der Waals surface area contributed by atoms with Gasteiger partial charge in [-0.1, -0.05) is 40.0 Å². The van der Waals surface area contributed by atoms with Gasteiger partial charge in [0.15, 0.2) is 0 Å². The third kappa shape index (κ3) is 4.78. The largest absolute Gasteiger partial charge is 0.327 e. The number of hydrogen-bond donors (Lipinski definition) is 1. The van der Waals surface area contributed by atoms with E-state index in [0.717, 1.165) is 22.8 Å². The van der Waals surface area contributed by atoms with E-state index in [1.165, 1.54) is 32.1 Å². The van der Waals surface area contributed by atoms with Crippen molar-refractivity contribution in [1.82, 2.24) is 0 Å². The molecule has 1 nitrogen and oxygen atoms in total. The Bertz CT molecular complexity index is 164. The lowest BCUT2D eigenvalue weighted by Gasteiger charge is -2.28. The van der Waals surface area contributed by atoms with Crippen LogP contribution in [0.4, 0.5) is 0 Å². The summed E-state index contributed by atoms with van der Waals surface area (Å²) in [6.07, 6.45) is 6.99. The van der Waals surface area contributed by atoms with Crippen LogP contribution in [-0.2, 0) is 0 Å². The third-order valence-electron chi connectivity index (χ3n) is 3.75. The molecule has 0 aromatic carbocycles. The Labute approximate surface area is 99.6 Å². The number of rotatable bonds is 5. The first-order chi connectivity index (χ1) is 7.11. The van der Waals surface area contributed by atoms with Gasteiger partial charge in [0.25, 0.3) is 0 Å². The van der Waals surface area contributed by atoms with E-state index >= 15 is 0 Å². The molecule has 0 heterocycles. The summed E-state index contributed by atoms with van der Waals surface area (Å²) in [4.78, 5) is 0. The van der Waals surface area contributed by atoms with Gasteiger partial charge in [0.05, 0.1) is 0 Å². The van der Waals surface area contributed by atoms with Gasteiger partial charge in [0.2, 0.25) is 0 Å². The lowest BCUT2D eigenvalue weighted by molar-refractivity contribution is 0.319. The Morgan fingerprint density at radius 2 is 1.73 bits per heavy atom. The quantitative estimate of drug-likeness (QED) is 0.778. The first-order valence-electron chi connectivity index (χ1n) is 6.48. The lowest BCUT2D eigenvalue weighted by atomic mass is 9.85. The molecule has 0 saturated heterocycles. The van der Waals surface area contributed by atoms with Gasteiger partial charge in [-0.25, -0.2) is 0 Å². The van der Waals surface area contributed by atoms with E-state index in [9.17, 15) is 0 Å². The van der Waals surface area contributed by atoms with Gasteiger partial charge in [-0.3, -0.25) is 0 Å². The SMILES string of the molecule is CC(C)C(C)SCC(N)C1CCCCC1. The molecule has 0 aliphatic heterocycles. The van der Waals surface area contributed by atoms with Crippen molar-refractivity contribution >= 4 is 11.8 Å². The summed E-state index contributed by atoms with van der Waals surface area (Å²) in [6, 6.07) is 0.441. The molecule has 0 aromatic heterocycles. The normalized spacial score (nSPS) is 23.0. The van der Waals surface area contributed by atoms with Crippen LogP contribution in [0, 0.1) is 11.8 Å². The molecule has 1 aliphatic carbocycles. The Morgan fingerprint density at radius 3 is 2.27 bits per heavy atom. The molecule has 1 aliphatic rings. The fraction of sp³-hybridized carbons (Fsp3) is 1.00. The molecule has 2 N–H and O–H groups in total. The summed E-state index contributed by atoms with van der Waals surface area (Å²) >= 11 is 2.06. The second-order valence-corrected chi connectivity index (χ2v) is 6.75. The Balaban J connectivity index is 2.19. The summed E-state index contributed by atoms with van der Waals surface area (Å²) in [5.74, 6) is 2.74. The predicted octanol–water partition coefficient (Wildman–Crippen LogP) is 3.67. The zero-order valence-electron chi connectivity index (χ0n) is 10.5. The number of nitrogens with two attached hydrogens (primary N) is 1. The second kappa shape index (κ2) is 6.80. The standard InChI is InChI=1S/C13H27NS/c1-10(2)11(3)15-9-13(14)12-7-5-4-6-8-12/h10-13H,4-9,14H2,1-3H3. The van der Waals surface area contributed by atoms with Crippen LogP contribution < -0.4 is 5.73 Å². The maximum Gasteiger partial charge on any atom is 0.0159 e. The predicted molar refractivity (Wildman–Crippen MR) is 71.3 cm³/mol. The molecule has 2 atom stereocenters. The average Bonchev–Trinajstić information content (AvgIpc) is 2.26. The first-order valence-corrected chi connectivity index (χ1v) is 7.53. The summed E-state index contributed by atoms with van der Waals surface area (Å²) in [5, 5.41) is 0.750. The van der Waals surface area contributed by atoms with Crippen LogP contribution in [0.15, 0.2) is 0 Å². The zero-order valence-corrected chi connectivity index (χ0v) is 11.4. The molecular weight excluding hydrogens is 202 g/mol. The van der Waals surface area contributed by atoms with E-state index in [2.05, 4.69) is 32.5 Å². The van der Waals surface area contributed by atoms with Crippen molar-refractivity contribution in [1.29, 1.82) is 0 Å². The molecule has 1 rings (SSSR count). The summed E-state index contributed by atoms with van der Waals surface area (Å²) in [6.45, 7) is 6.91. The number of thioether (sulfide) groups is 1. The van der Waals surface area contributed by atoms with Crippen LogP contribution >= 0.6 is 11.8 Å². The van der Waals surface area contributed by atoms with Crippen LogP contribution in [0.2, 0.25) is 0 Å². The van der Waals surface area contributed by atoms with Crippen LogP contribution in [0.1, 0.15) is 52.9 Å². The van der Waals surface area contributed by atoms with Crippen LogP contribution in [0.5, 0.6) is 0 Å². The minimum absolute atomic E-state index is 0.441. The Hall–Kier alpha value is 0.310. The molecule has 0 aromatic rings. The maximum atomic E-state index is 6.28. The van der Waals surface area contributed by atoms with Gasteiger partial charge in [-0.15, -0.1) is 0 Å². The smallest absolute Gasteiger partial charge is 0.0159 e. The zero-order chi connectivity index (χ0) is 11.3. The highest BCUT2D eigenvalue weighted by atomic mass is 32.2. The molecule has 2 unspecified atom stereocenters. The van der Waals surface area contributed by atoms with E-state index in [0.29, 0.717) is 6.04 Å². The average molecular weight is 229 g/mol. The van der Waals surface area contributed by atoms with Gasteiger partial charge in [0, 0.05) is 17.0 Å². The Kier molecular flexibility index (Phi) is 6.06. The summed E-state index contributed by atoms with van der Waals surface area (Å²) in [5.41, 5.74) is 6.28. The first kappa shape index (κ1) is 13.4. The monoisotopic (exact) mass is 229 g/mol. The van der Waals surface area contributed by atoms with Crippen molar-refractivity contribution in [2.75, 3.05) is 5.75 Å². The van der Waals surface area contributed by atoms with E-state index in [1.807, 2.05) is 0 Å². The molecule has 1 fully saturated rings. The van der Waals surface area contributed by atoms with Crippen molar-refractivity contribution in [2.24, 2.45) is 17.6 Å². The topological polar surface area (TPSA) is 26.0 Å². The highest BCUT2D eigenvalue weighted by Crippen LogP contribution is 2.28. The van der Waals surface area contributed by atoms with Crippen molar-refractivity contribution in [3.05, 3.63) is 0 Å². The van der Waals surface area contributed by atoms with E-state index in [4.69, 9.17) is 5.73 Å². The van der Waals surface area contributed by atoms with Gasteiger partial charge in [-0.2, -0.15) is 11.8 Å². The molecule has 0 radical (unpaired) electrons. The van der Waals surface area contributed by atoms with Crippen molar-refractivity contribution in [3.63, 3.8) is 0 Å². The fourth-order valence-electron chi connectivity index (χ4n) is 2.15. The van der Waals surface area contributed by atoms with Crippen molar-refractivity contribution < 1.29 is 0 Å². The summed E-state index contributed by atoms with van der Waals surface area (Å²) in [7, 11) is 0. The highest BCUT2D eigenvalue weighted by Gasteiger charge is 2.21. The third-order valence-corrected chi connectivity index (χ3v) is 5.39. The van der Waals surface area contributed by atoms with Crippen LogP contribution in [0.25, 0.3) is 0 Å². The molecular formula is C13H27NS. The van der Waals surface area contributed by atoms with Crippen LogP contribution in [0.3, 0.4) is 0 Å². The van der Waals surface area contributed by atoms with Gasteiger partial charge < -0.3 is 5.73 Å². The van der Waals surface area contributed by atoms with E-state index in [-0.39, 0.29) is 0 Å². The summed E-state index contributed by atoms with van der Waals surface area (Å²) < 4.78 is 0. The molecule has 1 saturated carbocycles. The molecule has 0 spiro atoms. The van der Waals surface area contributed by atoms with Gasteiger partial charge >= 0.3 is 0 Å². The van der Waals surface area contributed by atoms with Crippen LogP contribution in [-0.4, -0.2) is 17.0 Å². The fourth-order valence-corrected chi connectivity index (χ4v) is 3.34. The van der Waals surface area contributed by atoms with E-state index in [1.54, 1.807) is 0 Å². The maximum absolute atomic E-state index is 6.28. The molecule has 2 heteroatoms. The minimum atomic E-state index is 0.441.